The Morgan fingerprint density at radius 3 is 2.17 bits per heavy atom. The zero-order chi connectivity index (χ0) is 34.2. The summed E-state index contributed by atoms with van der Waals surface area (Å²) in [6.45, 7) is 10.3. The Kier molecular flexibility index (Phi) is 9.35. The number of ether oxygens (including phenoxy) is 5. The van der Waals surface area contributed by atoms with E-state index in [1.54, 1.807) is 30.3 Å². The van der Waals surface area contributed by atoms with E-state index >= 15 is 0 Å². The first-order chi connectivity index (χ1) is 22.8. The second kappa shape index (κ2) is 13.2. The summed E-state index contributed by atoms with van der Waals surface area (Å²) in [6, 6.07) is 17.8. The van der Waals surface area contributed by atoms with Gasteiger partial charge in [-0.05, 0) is 82.7 Å². The lowest BCUT2D eigenvalue weighted by Crippen LogP contribution is -2.51. The van der Waals surface area contributed by atoms with E-state index in [2.05, 4.69) is 30.8 Å². The summed E-state index contributed by atoms with van der Waals surface area (Å²) in [4.78, 5) is 5.25. The van der Waals surface area contributed by atoms with Crippen molar-refractivity contribution in [3.05, 3.63) is 110 Å². The average molecular weight is 710 g/mol. The van der Waals surface area contributed by atoms with E-state index < -0.39 is 27.6 Å². The summed E-state index contributed by atoms with van der Waals surface area (Å²) in [5.41, 5.74) is 1.18. The van der Waals surface area contributed by atoms with E-state index in [4.69, 9.17) is 28.7 Å². The number of benzene rings is 2. The molecule has 0 radical (unpaired) electrons. The highest BCUT2D eigenvalue weighted by Crippen LogP contribution is 2.40. The molecule has 0 amide bonds. The summed E-state index contributed by atoms with van der Waals surface area (Å²) in [5.74, 6) is 0.120. The Hall–Kier alpha value is -3.88. The van der Waals surface area contributed by atoms with Crippen molar-refractivity contribution in [2.24, 2.45) is 4.99 Å². The van der Waals surface area contributed by atoms with Crippen LogP contribution in [0.2, 0.25) is 0 Å². The van der Waals surface area contributed by atoms with Crippen LogP contribution in [0.25, 0.3) is 0 Å². The largest absolute Gasteiger partial charge is 0.493 e. The van der Waals surface area contributed by atoms with Gasteiger partial charge in [0.1, 0.15) is 12.7 Å². The number of nitrogens with one attached hydrogen (secondary N) is 2. The van der Waals surface area contributed by atoms with Crippen molar-refractivity contribution in [1.82, 2.24) is 10.0 Å². The molecule has 2 aromatic heterocycles. The third-order valence-corrected chi connectivity index (χ3v) is 10.6. The number of thiophene rings is 2. The summed E-state index contributed by atoms with van der Waals surface area (Å²) in [6.07, 6.45) is -0.400. The summed E-state index contributed by atoms with van der Waals surface area (Å²) in [7, 11) is -2.62. The van der Waals surface area contributed by atoms with Crippen LogP contribution in [0.5, 0.6) is 11.5 Å². The van der Waals surface area contributed by atoms with Crippen LogP contribution in [0.15, 0.2) is 104 Å². The SMILES string of the molecule is COc1ccccc1OC1=C(NS(=O)(=O)c2ccc(C(C)(C)C)cc2)NC(c2ccsc2)(c2ccsc2)N=C1OC[C@H]1COC(C)(C)O1. The zero-order valence-electron chi connectivity index (χ0n) is 27.6. The van der Waals surface area contributed by atoms with Crippen LogP contribution in [0.3, 0.4) is 0 Å². The highest BCUT2D eigenvalue weighted by molar-refractivity contribution is 7.89. The van der Waals surface area contributed by atoms with Crippen LogP contribution < -0.4 is 19.5 Å². The third-order valence-electron chi connectivity index (χ3n) is 7.90. The highest BCUT2D eigenvalue weighted by Gasteiger charge is 2.44. The molecule has 1 fully saturated rings. The lowest BCUT2D eigenvalue weighted by molar-refractivity contribution is -0.141. The molecular formula is C35H39N3O7S3. The van der Waals surface area contributed by atoms with Gasteiger partial charge in [-0.15, -0.1) is 0 Å². The van der Waals surface area contributed by atoms with Gasteiger partial charge in [0.25, 0.3) is 15.9 Å². The van der Waals surface area contributed by atoms with Gasteiger partial charge in [-0.25, -0.2) is 13.4 Å². The highest BCUT2D eigenvalue weighted by atomic mass is 32.2. The van der Waals surface area contributed by atoms with E-state index in [-0.39, 0.29) is 34.4 Å². The number of nitrogens with zero attached hydrogens (tertiary/aromatic N) is 1. The lowest BCUT2D eigenvalue weighted by atomic mass is 9.87. The van der Waals surface area contributed by atoms with Gasteiger partial charge in [0.15, 0.2) is 28.8 Å². The van der Waals surface area contributed by atoms with E-state index in [9.17, 15) is 8.42 Å². The van der Waals surface area contributed by atoms with Crippen molar-refractivity contribution in [3.8, 4) is 11.5 Å². The Balaban J connectivity index is 1.49. The number of rotatable bonds is 10. The number of para-hydroxylation sites is 2. The summed E-state index contributed by atoms with van der Waals surface area (Å²) < 4.78 is 61.3. The van der Waals surface area contributed by atoms with Crippen LogP contribution >= 0.6 is 22.7 Å². The number of hydrogen-bond acceptors (Lipinski definition) is 11. The Morgan fingerprint density at radius 2 is 1.62 bits per heavy atom. The van der Waals surface area contributed by atoms with E-state index in [0.29, 0.717) is 18.1 Å². The molecule has 4 heterocycles. The maximum absolute atomic E-state index is 14.1. The van der Waals surface area contributed by atoms with Gasteiger partial charge in [-0.1, -0.05) is 45.0 Å². The molecule has 0 aliphatic carbocycles. The van der Waals surface area contributed by atoms with E-state index in [1.165, 1.54) is 29.8 Å². The molecule has 6 rings (SSSR count). The minimum absolute atomic E-state index is 0.0219. The van der Waals surface area contributed by atoms with Crippen LogP contribution in [0.1, 0.15) is 51.3 Å². The fourth-order valence-corrected chi connectivity index (χ4v) is 7.80. The van der Waals surface area contributed by atoms with Gasteiger partial charge < -0.3 is 29.0 Å². The molecule has 2 aliphatic rings. The monoisotopic (exact) mass is 709 g/mol. The Morgan fingerprint density at radius 1 is 0.979 bits per heavy atom. The Bertz CT molecular complexity index is 1860. The fraction of sp³-hybridized carbons (Fsp3) is 0.343. The predicted molar refractivity (Wildman–Crippen MR) is 187 cm³/mol. The first-order valence-electron chi connectivity index (χ1n) is 15.4. The molecule has 1 atom stereocenters. The van der Waals surface area contributed by atoms with Gasteiger partial charge in [-0.2, -0.15) is 22.7 Å². The van der Waals surface area contributed by atoms with Gasteiger partial charge in [0.05, 0.1) is 18.6 Å². The van der Waals surface area contributed by atoms with Gasteiger partial charge >= 0.3 is 0 Å². The van der Waals surface area contributed by atoms with Crippen LogP contribution in [0, 0.1) is 0 Å². The minimum Gasteiger partial charge on any atom is -0.493 e. The minimum atomic E-state index is -4.15. The standard InChI is InChI=1S/C35H39N3O7S3/c1-33(2,3)23-11-13-27(14-12-23)48(39,40)38-31-30(44-29-10-8-7-9-28(29)41-6)32(42-19-26-20-43-34(4,5)45-26)37-35(36-31,24-15-17-46-21-24)25-16-18-47-22-25/h7-18,21-22,26,36,38H,19-20H2,1-6H3/t26-/m0/s1. The van der Waals surface area contributed by atoms with Gasteiger partial charge in [0.2, 0.25) is 5.76 Å². The molecular weight excluding hydrogens is 671 g/mol. The summed E-state index contributed by atoms with van der Waals surface area (Å²) >= 11 is 3.00. The Labute approximate surface area is 289 Å². The molecule has 2 aliphatic heterocycles. The molecule has 0 unspecified atom stereocenters. The first-order valence-corrected chi connectivity index (χ1v) is 18.7. The molecule has 254 valence electrons. The maximum Gasteiger partial charge on any atom is 0.263 e. The number of hydrogen-bond donors (Lipinski definition) is 2. The molecule has 0 saturated carbocycles. The van der Waals surface area contributed by atoms with Crippen molar-refractivity contribution in [2.75, 3.05) is 20.3 Å². The van der Waals surface area contributed by atoms with Crippen molar-refractivity contribution in [2.45, 2.75) is 62.5 Å². The van der Waals surface area contributed by atoms with Crippen LogP contribution in [-0.4, -0.2) is 46.5 Å². The van der Waals surface area contributed by atoms with Crippen molar-refractivity contribution >= 4 is 38.6 Å². The van der Waals surface area contributed by atoms with Gasteiger partial charge in [0, 0.05) is 11.1 Å². The molecule has 13 heteroatoms. The molecule has 4 aromatic rings. The number of methoxy groups -OCH3 is 1. The second-order valence-electron chi connectivity index (χ2n) is 12.9. The molecule has 2 aromatic carbocycles. The summed E-state index contributed by atoms with van der Waals surface area (Å²) in [5, 5.41) is 11.2. The molecule has 0 bridgehead atoms. The molecule has 0 spiro atoms. The van der Waals surface area contributed by atoms with E-state index in [1.807, 2.05) is 65.7 Å². The first kappa shape index (κ1) is 34.0. The molecule has 10 nitrogen and oxygen atoms in total. The zero-order valence-corrected chi connectivity index (χ0v) is 30.1. The van der Waals surface area contributed by atoms with Crippen molar-refractivity contribution in [1.29, 1.82) is 0 Å². The van der Waals surface area contributed by atoms with Crippen LogP contribution in [0.4, 0.5) is 0 Å². The van der Waals surface area contributed by atoms with Crippen molar-refractivity contribution in [3.63, 3.8) is 0 Å². The molecule has 2 N–H and O–H groups in total. The molecule has 1 saturated heterocycles. The smallest absolute Gasteiger partial charge is 0.263 e. The normalized spacial score (nSPS) is 19.0. The topological polar surface area (TPSA) is 117 Å². The quantitative estimate of drug-likeness (QED) is 0.187. The van der Waals surface area contributed by atoms with Crippen molar-refractivity contribution < 1.29 is 32.1 Å². The average Bonchev–Trinajstić information content (AvgIpc) is 3.84. The number of aliphatic imine (C=N–C) groups is 1. The lowest BCUT2D eigenvalue weighted by Gasteiger charge is -2.37. The molecule has 48 heavy (non-hydrogen) atoms. The number of sulfonamides is 1. The van der Waals surface area contributed by atoms with Gasteiger partial charge in [-0.3, -0.25) is 4.72 Å². The third kappa shape index (κ3) is 7.10. The van der Waals surface area contributed by atoms with E-state index in [0.717, 1.165) is 16.7 Å². The fourth-order valence-electron chi connectivity index (χ4n) is 5.38. The maximum atomic E-state index is 14.1. The second-order valence-corrected chi connectivity index (χ2v) is 16.1. The predicted octanol–water partition coefficient (Wildman–Crippen LogP) is 6.71. The van der Waals surface area contributed by atoms with Crippen LogP contribution in [-0.2, 0) is 35.3 Å².